The van der Waals surface area contributed by atoms with Gasteiger partial charge in [0, 0.05) is 0 Å². The Hall–Kier alpha value is 0.570. The molecule has 0 aliphatic rings. The molecule has 4 nitrogen and oxygen atoms in total. The van der Waals surface area contributed by atoms with Crippen molar-refractivity contribution < 1.29 is 34.4 Å². The van der Waals surface area contributed by atoms with E-state index in [4.69, 9.17) is 16.5 Å². The van der Waals surface area contributed by atoms with E-state index < -0.39 is 21.9 Å². The Morgan fingerprint density at radius 2 is 1.73 bits per heavy atom. The maximum absolute atomic E-state index is 5.20. The van der Waals surface area contributed by atoms with Gasteiger partial charge in [-0.1, -0.05) is 0 Å². The second-order valence-electron chi connectivity index (χ2n) is 1.71. The van der Waals surface area contributed by atoms with Crippen LogP contribution in [0.4, 0.5) is 0 Å². The van der Waals surface area contributed by atoms with Crippen molar-refractivity contribution in [1.82, 2.24) is 0 Å². The zero-order chi connectivity index (χ0) is 8.36. The summed E-state index contributed by atoms with van der Waals surface area (Å²) in [5.74, 6) is 0. The van der Waals surface area contributed by atoms with E-state index in [-0.39, 0.29) is 0 Å². The fourth-order valence-corrected chi connectivity index (χ4v) is 0.933. The van der Waals surface area contributed by atoms with Crippen LogP contribution >= 0.6 is 0 Å². The van der Waals surface area contributed by atoms with Gasteiger partial charge in [0.25, 0.3) is 0 Å². The number of hydrogen-bond donors (Lipinski definition) is 1. The fourth-order valence-electron chi connectivity index (χ4n) is 0.499. The molecule has 0 aliphatic carbocycles. The first-order valence-electron chi connectivity index (χ1n) is 3.52. The minimum absolute atomic E-state index is 0.533. The molecule has 0 radical (unpaired) electrons. The molecule has 0 aliphatic heterocycles. The van der Waals surface area contributed by atoms with Crippen molar-refractivity contribution in [1.29, 1.82) is 0 Å². The molecule has 0 unspecified atom stereocenters. The summed E-state index contributed by atoms with van der Waals surface area (Å²) in [4.78, 5) is 0. The molecule has 0 saturated heterocycles. The van der Waals surface area contributed by atoms with Gasteiger partial charge >= 0.3 is 78.3 Å². The molecule has 0 bridgehead atoms. The monoisotopic (exact) mass is 276 g/mol. The van der Waals surface area contributed by atoms with E-state index in [1.807, 2.05) is 6.92 Å². The summed E-state index contributed by atoms with van der Waals surface area (Å²) in [5.41, 5.74) is 0. The van der Waals surface area contributed by atoms with Crippen LogP contribution < -0.4 is 25.8 Å². The predicted octanol–water partition coefficient (Wildman–Crippen LogP) is -3.07. The van der Waals surface area contributed by atoms with Crippen molar-refractivity contribution in [2.45, 2.75) is 6.92 Å². The Kier molecular flexibility index (Phi) is 11.1. The van der Waals surface area contributed by atoms with Crippen molar-refractivity contribution in [3.63, 3.8) is 0 Å². The molecule has 0 saturated carbocycles. The zero-order valence-electron chi connectivity index (χ0n) is 6.72. The summed E-state index contributed by atoms with van der Waals surface area (Å²) in [6.45, 7) is 5.23. The average Bonchev–Trinajstić information content (AvgIpc) is 2.03. The van der Waals surface area contributed by atoms with E-state index in [2.05, 4.69) is 0 Å². The number of hydrogen-bond acceptors (Lipinski definition) is 4. The molecule has 0 aromatic carbocycles. The molecule has 11 heavy (non-hydrogen) atoms. The molecule has 0 aromatic heterocycles. The third-order valence-electron chi connectivity index (χ3n) is 0.944. The van der Waals surface area contributed by atoms with Crippen molar-refractivity contribution in [2.75, 3.05) is 33.0 Å². The molecule has 0 heterocycles. The number of ether oxygens (including phenoxy) is 2. The van der Waals surface area contributed by atoms with Gasteiger partial charge in [0.2, 0.25) is 0 Å². The summed E-state index contributed by atoms with van der Waals surface area (Å²) in [6.07, 6.45) is 0. The van der Waals surface area contributed by atoms with Crippen LogP contribution in [0, 0.1) is 0 Å². The molecule has 0 rings (SSSR count). The summed E-state index contributed by atoms with van der Waals surface area (Å²) in [5, 5.41) is 0. The minimum atomic E-state index is -0.533. The first-order chi connectivity index (χ1) is 5.41. The van der Waals surface area contributed by atoms with Gasteiger partial charge < -0.3 is 0 Å². The normalized spacial score (nSPS) is 10.7. The van der Waals surface area contributed by atoms with Gasteiger partial charge in [-0.3, -0.25) is 0 Å². The van der Waals surface area contributed by atoms with Gasteiger partial charge in [-0.25, -0.2) is 0 Å². The average molecular weight is 276 g/mol. The fraction of sp³-hybridized carbons (Fsp3) is 1.00. The van der Waals surface area contributed by atoms with Crippen LogP contribution in [-0.2, 0) is 12.5 Å². The van der Waals surface area contributed by atoms with Crippen LogP contribution in [0.25, 0.3) is 0 Å². The number of rotatable bonds is 8. The van der Waals surface area contributed by atoms with Crippen molar-refractivity contribution in [3.8, 4) is 0 Å². The predicted molar refractivity (Wildman–Crippen MR) is 37.5 cm³/mol. The SMILES string of the molecule is CCOCCOCCO[I-]N. The van der Waals surface area contributed by atoms with E-state index in [9.17, 15) is 0 Å². The van der Waals surface area contributed by atoms with Gasteiger partial charge in [0.05, 0.1) is 0 Å². The Labute approximate surface area is 78.5 Å². The van der Waals surface area contributed by atoms with Crippen molar-refractivity contribution in [3.05, 3.63) is 0 Å². The zero-order valence-corrected chi connectivity index (χ0v) is 8.87. The van der Waals surface area contributed by atoms with Crippen LogP contribution in [0.15, 0.2) is 0 Å². The van der Waals surface area contributed by atoms with Gasteiger partial charge in [-0.2, -0.15) is 0 Å². The van der Waals surface area contributed by atoms with Crippen molar-refractivity contribution in [2.24, 2.45) is 3.95 Å². The first-order valence-corrected chi connectivity index (χ1v) is 5.65. The van der Waals surface area contributed by atoms with E-state index in [0.29, 0.717) is 26.4 Å². The molecular formula is C6H15INO3-. The van der Waals surface area contributed by atoms with Crippen LogP contribution in [-0.4, -0.2) is 33.0 Å². The van der Waals surface area contributed by atoms with Crippen LogP contribution in [0.2, 0.25) is 0 Å². The Balaban J connectivity index is 2.69. The van der Waals surface area contributed by atoms with E-state index in [1.54, 1.807) is 0 Å². The molecule has 0 atom stereocenters. The summed E-state index contributed by atoms with van der Waals surface area (Å²) in [6, 6.07) is 0. The second-order valence-corrected chi connectivity index (χ2v) is 2.84. The first kappa shape index (κ1) is 11.6. The third-order valence-corrected chi connectivity index (χ3v) is 1.74. The Morgan fingerprint density at radius 1 is 1.09 bits per heavy atom. The van der Waals surface area contributed by atoms with Crippen LogP contribution in [0.3, 0.4) is 0 Å². The van der Waals surface area contributed by atoms with Crippen LogP contribution in [0.1, 0.15) is 6.92 Å². The molecule has 0 fully saturated rings. The molecule has 70 valence electrons. The second kappa shape index (κ2) is 10.6. The Bertz CT molecular complexity index is 66.8. The number of halogens is 1. The third kappa shape index (κ3) is 10.6. The van der Waals surface area contributed by atoms with E-state index >= 15 is 0 Å². The van der Waals surface area contributed by atoms with Crippen LogP contribution in [0.5, 0.6) is 0 Å². The summed E-state index contributed by atoms with van der Waals surface area (Å²) >= 11 is -0.533. The summed E-state index contributed by atoms with van der Waals surface area (Å²) in [7, 11) is 0. The van der Waals surface area contributed by atoms with Gasteiger partial charge in [-0.15, -0.1) is 0 Å². The molecule has 0 spiro atoms. The quantitative estimate of drug-likeness (QED) is 0.290. The summed E-state index contributed by atoms with van der Waals surface area (Å²) < 4.78 is 20.4. The standard InChI is InChI=1S/C6H15INO3/c1-2-9-3-4-10-5-6-11-7-8/h2-6,8H2,1H3/q-1. The molecule has 5 heteroatoms. The molecule has 0 aromatic rings. The number of nitrogens with two attached hydrogens (primary N) is 1. The topological polar surface area (TPSA) is 53.7 Å². The Morgan fingerprint density at radius 3 is 2.36 bits per heavy atom. The van der Waals surface area contributed by atoms with Crippen molar-refractivity contribution >= 4 is 0 Å². The van der Waals surface area contributed by atoms with Gasteiger partial charge in [-0.05, 0) is 0 Å². The van der Waals surface area contributed by atoms with E-state index in [0.717, 1.165) is 6.61 Å². The molecular weight excluding hydrogens is 261 g/mol. The van der Waals surface area contributed by atoms with Gasteiger partial charge in [0.15, 0.2) is 0 Å². The maximum atomic E-state index is 5.20. The van der Waals surface area contributed by atoms with E-state index in [1.165, 1.54) is 0 Å². The molecule has 2 N–H and O–H groups in total. The molecule has 0 amide bonds. The van der Waals surface area contributed by atoms with Gasteiger partial charge in [0.1, 0.15) is 0 Å².